The molecule has 0 radical (unpaired) electrons. The number of cyclic esters (lactones) is 1. The molecule has 0 spiro atoms. The van der Waals surface area contributed by atoms with Crippen molar-refractivity contribution in [2.75, 3.05) is 19.7 Å². The molecule has 0 bridgehead atoms. The molecular weight excluding hydrogens is 643 g/mol. The normalized spacial score (nSPS) is 17.8. The van der Waals surface area contributed by atoms with Crippen LogP contribution < -0.4 is 0 Å². The summed E-state index contributed by atoms with van der Waals surface area (Å²) in [6.07, 6.45) is 1.73. The van der Waals surface area contributed by atoms with E-state index in [1.807, 2.05) is 67.6 Å². The Kier molecular flexibility index (Phi) is 12.8. The maximum Gasteiger partial charge on any atom is 0.416 e. The molecule has 47 heavy (non-hydrogen) atoms. The van der Waals surface area contributed by atoms with Gasteiger partial charge in [-0.2, -0.15) is 0 Å². The number of aliphatic carboxylic acids is 1. The molecule has 1 N–H and O–H groups in total. The first-order valence-electron chi connectivity index (χ1n) is 15.8. The van der Waals surface area contributed by atoms with Gasteiger partial charge in [-0.1, -0.05) is 98.3 Å². The summed E-state index contributed by atoms with van der Waals surface area (Å²) in [5.74, 6) is -2.61. The van der Waals surface area contributed by atoms with Gasteiger partial charge < -0.3 is 20.0 Å². The van der Waals surface area contributed by atoms with Gasteiger partial charge in [0, 0.05) is 40.9 Å². The number of ether oxygens (including phenoxy) is 1. The van der Waals surface area contributed by atoms with Crippen molar-refractivity contribution in [3.05, 3.63) is 107 Å². The van der Waals surface area contributed by atoms with Gasteiger partial charge in [0.1, 0.15) is 6.61 Å². The van der Waals surface area contributed by atoms with Gasteiger partial charge in [-0.25, -0.2) is 14.5 Å². The van der Waals surface area contributed by atoms with Crippen LogP contribution in [-0.4, -0.2) is 76.3 Å². The molecule has 0 saturated carbocycles. The summed E-state index contributed by atoms with van der Waals surface area (Å²) in [6.45, 7) is 3.61. The number of amides is 3. The number of benzene rings is 3. The number of carbonyl (C=O) groups is 4. The summed E-state index contributed by atoms with van der Waals surface area (Å²) in [4.78, 5) is 59.6. The fraction of sp³-hybridized carbons (Fsp3) is 0.361. The molecule has 2 aliphatic heterocycles. The van der Waals surface area contributed by atoms with E-state index in [9.17, 15) is 24.3 Å². The first-order valence-corrected chi connectivity index (χ1v) is 15.8. The van der Waals surface area contributed by atoms with Crippen LogP contribution in [0.25, 0.3) is 5.32 Å². The molecular formula is C36H39N4NiO6-. The van der Waals surface area contributed by atoms with Crippen LogP contribution >= 0.6 is 0 Å². The molecule has 5 rings (SSSR count). The van der Waals surface area contributed by atoms with E-state index in [0.29, 0.717) is 48.3 Å². The Morgan fingerprint density at radius 2 is 1.66 bits per heavy atom. The maximum absolute atomic E-state index is 13.7. The zero-order valence-corrected chi connectivity index (χ0v) is 27.3. The quantitative estimate of drug-likeness (QED) is 0.174. The molecule has 3 aromatic rings. The van der Waals surface area contributed by atoms with Crippen molar-refractivity contribution >= 4 is 35.3 Å². The van der Waals surface area contributed by atoms with Gasteiger partial charge in [-0.05, 0) is 36.9 Å². The van der Waals surface area contributed by atoms with Crippen molar-refractivity contribution in [2.24, 2.45) is 10.9 Å². The van der Waals surface area contributed by atoms with E-state index in [4.69, 9.17) is 9.73 Å². The van der Waals surface area contributed by atoms with Crippen molar-refractivity contribution in [2.45, 2.75) is 57.7 Å². The summed E-state index contributed by atoms with van der Waals surface area (Å²) in [7, 11) is 0. The Morgan fingerprint density at radius 3 is 2.32 bits per heavy atom. The summed E-state index contributed by atoms with van der Waals surface area (Å²) in [5.41, 5.74) is 3.06. The zero-order valence-electron chi connectivity index (χ0n) is 26.3. The molecule has 11 heteroatoms. The predicted molar refractivity (Wildman–Crippen MR) is 174 cm³/mol. The van der Waals surface area contributed by atoms with Crippen molar-refractivity contribution < 1.29 is 45.5 Å². The molecule has 3 atom stereocenters. The summed E-state index contributed by atoms with van der Waals surface area (Å²) in [5, 5.41) is 15.0. The van der Waals surface area contributed by atoms with Gasteiger partial charge >= 0.3 is 12.1 Å². The average Bonchev–Trinajstić information content (AvgIpc) is 3.71. The number of carboxylic acid groups (broad SMARTS) is 1. The minimum atomic E-state index is -1.29. The van der Waals surface area contributed by atoms with Crippen LogP contribution in [-0.2, 0) is 42.2 Å². The number of carboxylic acids is 1. The van der Waals surface area contributed by atoms with Crippen molar-refractivity contribution in [1.29, 1.82) is 0 Å². The first kappa shape index (κ1) is 35.5. The molecule has 10 nitrogen and oxygen atoms in total. The second kappa shape index (κ2) is 17.0. The van der Waals surface area contributed by atoms with E-state index in [2.05, 4.69) is 10.2 Å². The molecule has 2 saturated heterocycles. The van der Waals surface area contributed by atoms with E-state index in [1.165, 1.54) is 0 Å². The monoisotopic (exact) mass is 681 g/mol. The Balaban J connectivity index is 0.00000500. The van der Waals surface area contributed by atoms with Gasteiger partial charge in [0.2, 0.25) is 5.91 Å². The van der Waals surface area contributed by atoms with Gasteiger partial charge in [0.25, 0.3) is 0 Å². The molecule has 250 valence electrons. The number of hydrogen-bond acceptors (Lipinski definition) is 7. The van der Waals surface area contributed by atoms with Crippen LogP contribution in [0.4, 0.5) is 10.5 Å². The number of hydrogen-bond donors (Lipinski definition) is 1. The smallest absolute Gasteiger partial charge is 0.416 e. The van der Waals surface area contributed by atoms with Crippen LogP contribution in [0.5, 0.6) is 0 Å². The standard InChI is InChI=1S/C36H40N4O6.Ni/c1-2-12-27(23-31(41)40-21-22-46-36(40)45)33(35(43)44)38-32(26-15-7-4-8-16-26)28-17-9-10-18-29(28)37-34(42)30-19-11-20-39(30)24-25-13-5-3-6-14-25;/h3-10,13-18,27,30,33H,2,11-12,19-24H2,1H3,(H2,37,38,42,43,44);/p-1/t27-,30+,33-;/m1./s1. The number of nitrogens with zero attached hydrogens (tertiary/aromatic N) is 4. The van der Waals surface area contributed by atoms with Crippen LogP contribution in [0, 0.1) is 5.92 Å². The summed E-state index contributed by atoms with van der Waals surface area (Å²) < 4.78 is 4.92. The van der Waals surface area contributed by atoms with Gasteiger partial charge in [0.05, 0.1) is 24.2 Å². The van der Waals surface area contributed by atoms with E-state index >= 15 is 0 Å². The first-order chi connectivity index (χ1) is 22.4. The van der Waals surface area contributed by atoms with Crippen LogP contribution in [0.15, 0.2) is 89.9 Å². The molecule has 2 heterocycles. The third-order valence-electron chi connectivity index (χ3n) is 8.44. The van der Waals surface area contributed by atoms with Crippen molar-refractivity contribution in [1.82, 2.24) is 9.80 Å². The van der Waals surface area contributed by atoms with Crippen molar-refractivity contribution in [3.63, 3.8) is 0 Å². The number of imide groups is 1. The Labute approximate surface area is 285 Å². The fourth-order valence-corrected chi connectivity index (χ4v) is 6.17. The van der Waals surface area contributed by atoms with Crippen LogP contribution in [0.1, 0.15) is 55.7 Å². The number of likely N-dealkylation sites (tertiary alicyclic amines) is 1. The topological polar surface area (TPSA) is 131 Å². The SMILES string of the molecule is CCC[C@H](CC(=O)N1CCOC1=O)[C@@H](N=C(c1ccccc1)c1ccccc1[N-]C(=O)[C@@H]1CCCN1Cc1ccccc1)C(=O)O.[Ni]. The van der Waals surface area contributed by atoms with Crippen molar-refractivity contribution in [3.8, 4) is 0 Å². The Morgan fingerprint density at radius 1 is 0.979 bits per heavy atom. The number of rotatable bonds is 13. The maximum atomic E-state index is 13.7. The van der Waals surface area contributed by atoms with E-state index in [0.717, 1.165) is 23.4 Å². The minimum Gasteiger partial charge on any atom is -0.625 e. The molecule has 0 unspecified atom stereocenters. The molecule has 2 fully saturated rings. The number of para-hydroxylation sites is 1. The third kappa shape index (κ3) is 8.93. The molecule has 3 aromatic carbocycles. The van der Waals surface area contributed by atoms with E-state index in [-0.39, 0.29) is 48.0 Å². The number of carbonyl (C=O) groups excluding carboxylic acids is 3. The van der Waals surface area contributed by atoms with Gasteiger partial charge in [-0.15, -0.1) is 5.69 Å². The van der Waals surface area contributed by atoms with Crippen LogP contribution in [0.3, 0.4) is 0 Å². The summed E-state index contributed by atoms with van der Waals surface area (Å²) in [6, 6.07) is 24.7. The predicted octanol–water partition coefficient (Wildman–Crippen LogP) is 5.96. The minimum absolute atomic E-state index is 0. The second-order valence-corrected chi connectivity index (χ2v) is 11.6. The zero-order chi connectivity index (χ0) is 32.5. The number of aliphatic imine (C=N–C) groups is 1. The fourth-order valence-electron chi connectivity index (χ4n) is 6.17. The van der Waals surface area contributed by atoms with E-state index in [1.54, 1.807) is 24.3 Å². The van der Waals surface area contributed by atoms with Gasteiger partial charge in [-0.3, -0.25) is 14.7 Å². The van der Waals surface area contributed by atoms with E-state index < -0.39 is 29.9 Å². The largest absolute Gasteiger partial charge is 0.625 e. The Bertz CT molecular complexity index is 1570. The summed E-state index contributed by atoms with van der Waals surface area (Å²) >= 11 is 0. The molecule has 3 amide bonds. The average molecular weight is 682 g/mol. The molecule has 2 aliphatic rings. The van der Waals surface area contributed by atoms with Gasteiger partial charge in [0.15, 0.2) is 6.04 Å². The molecule has 0 aromatic heterocycles. The second-order valence-electron chi connectivity index (χ2n) is 11.6. The third-order valence-corrected chi connectivity index (χ3v) is 8.44. The molecule has 0 aliphatic carbocycles. The van der Waals surface area contributed by atoms with Crippen LogP contribution in [0.2, 0.25) is 0 Å². The Hall–Kier alpha value is -4.34.